The molecule has 1 saturated heterocycles. The van der Waals surface area contributed by atoms with Crippen LogP contribution in [-0.4, -0.2) is 56.6 Å². The van der Waals surface area contributed by atoms with Gasteiger partial charge in [0, 0.05) is 42.2 Å². The van der Waals surface area contributed by atoms with Crippen LogP contribution >= 0.6 is 11.6 Å². The minimum Gasteiger partial charge on any atom is -0.339 e. The van der Waals surface area contributed by atoms with Gasteiger partial charge < -0.3 is 9.80 Å². The molecule has 3 heterocycles. The minimum atomic E-state index is 0.147. The lowest BCUT2D eigenvalue weighted by atomic mass is 10.1. The Bertz CT molecular complexity index is 1560. The van der Waals surface area contributed by atoms with Crippen molar-refractivity contribution < 1.29 is 4.79 Å². The van der Waals surface area contributed by atoms with Crippen LogP contribution in [0.25, 0.3) is 27.9 Å². The van der Waals surface area contributed by atoms with Crippen molar-refractivity contribution in [2.45, 2.75) is 13.3 Å². The third-order valence-corrected chi connectivity index (χ3v) is 6.94. The summed E-state index contributed by atoms with van der Waals surface area (Å²) < 4.78 is 2.03. The van der Waals surface area contributed by atoms with E-state index in [1.54, 1.807) is 0 Å². The maximum Gasteiger partial charge on any atom is 0.227 e. The summed E-state index contributed by atoms with van der Waals surface area (Å²) in [4.78, 5) is 22.1. The first kappa shape index (κ1) is 22.5. The van der Waals surface area contributed by atoms with Gasteiger partial charge >= 0.3 is 0 Å². The molecule has 180 valence electrons. The predicted octanol–water partition coefficient (Wildman–Crippen LogP) is 4.80. The van der Waals surface area contributed by atoms with Gasteiger partial charge in [-0.05, 0) is 30.7 Å². The van der Waals surface area contributed by atoms with Crippen molar-refractivity contribution in [3.05, 3.63) is 88.9 Å². The fraction of sp³-hybridized carbons (Fsp3) is 0.214. The van der Waals surface area contributed by atoms with Crippen LogP contribution in [0, 0.1) is 6.92 Å². The number of carbonyl (C=O) groups excluding carboxylic acids is 1. The highest BCUT2D eigenvalue weighted by molar-refractivity contribution is 6.31. The molecule has 5 aromatic rings. The number of halogens is 1. The zero-order valence-electron chi connectivity index (χ0n) is 19.9. The van der Waals surface area contributed by atoms with Crippen molar-refractivity contribution >= 4 is 40.0 Å². The number of hydrogen-bond acceptors (Lipinski definition) is 5. The average Bonchev–Trinajstić information content (AvgIpc) is 3.34. The van der Waals surface area contributed by atoms with Crippen LogP contribution < -0.4 is 4.90 Å². The molecule has 0 bridgehead atoms. The number of fused-ring (bicyclic) bond motifs is 3. The SMILES string of the molecule is Cc1ccc(-c2nnc3c4ccc(Cl)cc4nc(N4CCN(C(=O)Cc5ccccc5)CC4)n23)cc1. The van der Waals surface area contributed by atoms with Crippen LogP contribution in [0.15, 0.2) is 72.8 Å². The first-order valence-electron chi connectivity index (χ1n) is 12.0. The fourth-order valence-corrected chi connectivity index (χ4v) is 4.90. The largest absolute Gasteiger partial charge is 0.339 e. The van der Waals surface area contributed by atoms with E-state index < -0.39 is 0 Å². The van der Waals surface area contributed by atoms with Gasteiger partial charge in [-0.3, -0.25) is 4.79 Å². The summed E-state index contributed by atoms with van der Waals surface area (Å²) in [5, 5.41) is 10.6. The smallest absolute Gasteiger partial charge is 0.227 e. The van der Waals surface area contributed by atoms with E-state index in [2.05, 4.69) is 46.3 Å². The van der Waals surface area contributed by atoms with Crippen molar-refractivity contribution in [1.82, 2.24) is 24.5 Å². The second kappa shape index (κ2) is 9.24. The molecule has 0 atom stereocenters. The first-order chi connectivity index (χ1) is 17.6. The van der Waals surface area contributed by atoms with Gasteiger partial charge in [0.05, 0.1) is 11.9 Å². The van der Waals surface area contributed by atoms with Crippen molar-refractivity contribution in [2.75, 3.05) is 31.1 Å². The van der Waals surface area contributed by atoms with E-state index in [-0.39, 0.29) is 5.91 Å². The molecule has 0 radical (unpaired) electrons. The molecule has 1 fully saturated rings. The van der Waals surface area contributed by atoms with E-state index in [1.165, 1.54) is 5.56 Å². The second-order valence-electron chi connectivity index (χ2n) is 9.15. The van der Waals surface area contributed by atoms with Crippen LogP contribution in [0.1, 0.15) is 11.1 Å². The Kier molecular flexibility index (Phi) is 5.77. The lowest BCUT2D eigenvalue weighted by molar-refractivity contribution is -0.130. The highest BCUT2D eigenvalue weighted by atomic mass is 35.5. The molecule has 7 nitrogen and oxygen atoms in total. The summed E-state index contributed by atoms with van der Waals surface area (Å²) >= 11 is 6.30. The fourth-order valence-electron chi connectivity index (χ4n) is 4.73. The number of aryl methyl sites for hydroxylation is 1. The Morgan fingerprint density at radius 2 is 1.67 bits per heavy atom. The zero-order chi connectivity index (χ0) is 24.6. The highest BCUT2D eigenvalue weighted by Crippen LogP contribution is 2.30. The molecule has 1 aliphatic heterocycles. The molecule has 0 unspecified atom stereocenters. The average molecular weight is 497 g/mol. The zero-order valence-corrected chi connectivity index (χ0v) is 20.7. The van der Waals surface area contributed by atoms with Gasteiger partial charge in [-0.1, -0.05) is 71.8 Å². The van der Waals surface area contributed by atoms with Crippen LogP contribution in [-0.2, 0) is 11.2 Å². The third-order valence-electron chi connectivity index (χ3n) is 6.71. The van der Waals surface area contributed by atoms with Crippen LogP contribution in [0.4, 0.5) is 5.95 Å². The number of benzene rings is 3. The summed E-state index contributed by atoms with van der Waals surface area (Å²) in [6.45, 7) is 4.66. The topological polar surface area (TPSA) is 66.6 Å². The molecule has 0 aliphatic carbocycles. The molecule has 0 spiro atoms. The van der Waals surface area contributed by atoms with E-state index in [9.17, 15) is 4.79 Å². The molecule has 8 heteroatoms. The number of rotatable bonds is 4. The lowest BCUT2D eigenvalue weighted by Crippen LogP contribution is -2.50. The number of nitrogens with zero attached hydrogens (tertiary/aromatic N) is 6. The summed E-state index contributed by atoms with van der Waals surface area (Å²) in [5.41, 5.74) is 4.70. The Morgan fingerprint density at radius 3 is 2.42 bits per heavy atom. The Balaban J connectivity index is 1.35. The maximum absolute atomic E-state index is 12.9. The van der Waals surface area contributed by atoms with E-state index in [4.69, 9.17) is 16.6 Å². The number of piperazine rings is 1. The van der Waals surface area contributed by atoms with E-state index >= 15 is 0 Å². The van der Waals surface area contributed by atoms with Crippen molar-refractivity contribution in [1.29, 1.82) is 0 Å². The van der Waals surface area contributed by atoms with E-state index in [0.717, 1.165) is 39.4 Å². The maximum atomic E-state index is 12.9. The number of aromatic nitrogens is 4. The van der Waals surface area contributed by atoms with Gasteiger partial charge in [0.15, 0.2) is 11.5 Å². The van der Waals surface area contributed by atoms with Crippen molar-refractivity contribution in [2.24, 2.45) is 0 Å². The Morgan fingerprint density at radius 1 is 0.917 bits per heavy atom. The first-order valence-corrected chi connectivity index (χ1v) is 12.4. The van der Waals surface area contributed by atoms with Gasteiger partial charge in [-0.2, -0.15) is 0 Å². The quantitative estimate of drug-likeness (QED) is 0.357. The molecular weight excluding hydrogens is 472 g/mol. The number of hydrogen-bond donors (Lipinski definition) is 0. The van der Waals surface area contributed by atoms with Crippen molar-refractivity contribution in [3.63, 3.8) is 0 Å². The van der Waals surface area contributed by atoms with Crippen LogP contribution in [0.3, 0.4) is 0 Å². The van der Waals surface area contributed by atoms with Crippen LogP contribution in [0.2, 0.25) is 5.02 Å². The minimum absolute atomic E-state index is 0.147. The predicted molar refractivity (Wildman–Crippen MR) is 142 cm³/mol. The molecular formula is C28H25ClN6O. The summed E-state index contributed by atoms with van der Waals surface area (Å²) in [7, 11) is 0. The number of anilines is 1. The number of amides is 1. The monoisotopic (exact) mass is 496 g/mol. The normalized spacial score (nSPS) is 14.1. The molecule has 1 amide bonds. The van der Waals surface area contributed by atoms with Gasteiger partial charge in [-0.25, -0.2) is 9.38 Å². The molecule has 36 heavy (non-hydrogen) atoms. The summed E-state index contributed by atoms with van der Waals surface area (Å²) in [6.07, 6.45) is 0.417. The van der Waals surface area contributed by atoms with Gasteiger partial charge in [0.1, 0.15) is 0 Å². The summed E-state index contributed by atoms with van der Waals surface area (Å²) in [5.74, 6) is 1.65. The molecule has 6 rings (SSSR count). The van der Waals surface area contributed by atoms with E-state index in [0.29, 0.717) is 37.6 Å². The molecule has 3 aromatic carbocycles. The summed E-state index contributed by atoms with van der Waals surface area (Å²) in [6, 6.07) is 23.8. The molecule has 1 aliphatic rings. The van der Waals surface area contributed by atoms with E-state index in [1.807, 2.05) is 57.8 Å². The molecule has 0 saturated carbocycles. The molecule has 0 N–H and O–H groups in total. The van der Waals surface area contributed by atoms with Gasteiger partial charge in [-0.15, -0.1) is 10.2 Å². The van der Waals surface area contributed by atoms with Crippen molar-refractivity contribution in [3.8, 4) is 11.4 Å². The second-order valence-corrected chi connectivity index (χ2v) is 9.59. The Hall–Kier alpha value is -3.97. The standard InChI is InChI=1S/C28H25ClN6O/c1-19-7-9-21(10-8-19)26-31-32-27-23-12-11-22(29)18-24(23)30-28(35(26)27)34-15-13-33(14-16-34)25(36)17-20-5-3-2-4-6-20/h2-12,18H,13-17H2,1H3. The highest BCUT2D eigenvalue weighted by Gasteiger charge is 2.26. The lowest BCUT2D eigenvalue weighted by Gasteiger charge is -2.35. The van der Waals surface area contributed by atoms with Gasteiger partial charge in [0.2, 0.25) is 11.9 Å². The third kappa shape index (κ3) is 4.16. The number of carbonyl (C=O) groups is 1. The van der Waals surface area contributed by atoms with Crippen LogP contribution in [0.5, 0.6) is 0 Å². The Labute approximate surface area is 214 Å². The molecule has 2 aromatic heterocycles. The van der Waals surface area contributed by atoms with Gasteiger partial charge in [0.25, 0.3) is 0 Å².